The monoisotopic (exact) mass is 353 g/mol. The molecular weight excluding hydrogens is 332 g/mol. The van der Waals surface area contributed by atoms with Gasteiger partial charge in [-0.2, -0.15) is 8.78 Å². The lowest BCUT2D eigenvalue weighted by Gasteiger charge is -2.15. The summed E-state index contributed by atoms with van der Waals surface area (Å²) in [5, 5.41) is 2.86. The predicted octanol–water partition coefficient (Wildman–Crippen LogP) is 4.03. The smallest absolute Gasteiger partial charge is 0.387 e. The Morgan fingerprint density at radius 2 is 2.08 bits per heavy atom. The van der Waals surface area contributed by atoms with Gasteiger partial charge in [0.05, 0.1) is 12.9 Å². The number of hydrogen-bond donors (Lipinski definition) is 1. The fourth-order valence-electron chi connectivity index (χ4n) is 2.30. The molecule has 1 N–H and O–H groups in total. The highest BCUT2D eigenvalue weighted by Gasteiger charge is 2.16. The van der Waals surface area contributed by atoms with Crippen LogP contribution in [0.4, 0.5) is 8.78 Å². The average Bonchev–Trinajstić information content (AvgIpc) is 3.07. The van der Waals surface area contributed by atoms with Crippen LogP contribution in [0.5, 0.6) is 11.5 Å². The molecule has 1 aromatic heterocycles. The molecule has 2 aromatic rings. The lowest BCUT2D eigenvalue weighted by atomic mass is 10.1. The lowest BCUT2D eigenvalue weighted by molar-refractivity contribution is -0.0514. The molecule has 1 atom stereocenters. The Bertz CT molecular complexity index is 674. The molecule has 1 unspecified atom stereocenters. The molecule has 1 heterocycles. The molecule has 5 nitrogen and oxygen atoms in total. The third-order valence-electron chi connectivity index (χ3n) is 3.50. The maximum absolute atomic E-state index is 12.4. The minimum atomic E-state index is -2.96. The maximum atomic E-state index is 12.4. The van der Waals surface area contributed by atoms with Crippen molar-refractivity contribution in [1.82, 2.24) is 5.32 Å². The van der Waals surface area contributed by atoms with Crippen LogP contribution < -0.4 is 14.8 Å². The molecule has 0 spiro atoms. The first kappa shape index (κ1) is 18.8. The van der Waals surface area contributed by atoms with Crippen LogP contribution in [0.1, 0.15) is 36.4 Å². The summed E-state index contributed by atoms with van der Waals surface area (Å²) in [6.07, 6.45) is 3.03. The number of rotatable bonds is 9. The van der Waals surface area contributed by atoms with Crippen LogP contribution in [0, 0.1) is 0 Å². The zero-order valence-electron chi connectivity index (χ0n) is 14.1. The zero-order valence-corrected chi connectivity index (χ0v) is 14.1. The van der Waals surface area contributed by atoms with Crippen molar-refractivity contribution in [2.75, 3.05) is 6.61 Å². The number of ether oxygens (including phenoxy) is 2. The standard InChI is InChI=1S/C18H21F2NO4/c1-3-23-16-11-13(7-9-15(16)25-18(19)20)17(22)21-12(2)6-8-14-5-4-10-24-14/h4-5,7,9-12,18H,3,6,8H2,1-2H3,(H,21,22). The second-order valence-corrected chi connectivity index (χ2v) is 5.47. The van der Waals surface area contributed by atoms with E-state index in [1.807, 2.05) is 19.1 Å². The predicted molar refractivity (Wildman–Crippen MR) is 88.2 cm³/mol. The van der Waals surface area contributed by atoms with Crippen molar-refractivity contribution in [1.29, 1.82) is 0 Å². The van der Waals surface area contributed by atoms with E-state index in [0.717, 1.165) is 5.76 Å². The number of carbonyl (C=O) groups is 1. The van der Waals surface area contributed by atoms with Gasteiger partial charge in [-0.1, -0.05) is 0 Å². The van der Waals surface area contributed by atoms with Gasteiger partial charge in [-0.25, -0.2) is 0 Å². The van der Waals surface area contributed by atoms with Gasteiger partial charge in [0, 0.05) is 18.0 Å². The molecule has 136 valence electrons. The highest BCUT2D eigenvalue weighted by Crippen LogP contribution is 2.30. The second kappa shape index (κ2) is 9.05. The van der Waals surface area contributed by atoms with Crippen LogP contribution in [0.25, 0.3) is 0 Å². The Morgan fingerprint density at radius 3 is 2.72 bits per heavy atom. The van der Waals surface area contributed by atoms with Crippen LogP contribution in [-0.4, -0.2) is 25.2 Å². The molecule has 7 heteroatoms. The average molecular weight is 353 g/mol. The number of amides is 1. The summed E-state index contributed by atoms with van der Waals surface area (Å²) in [6, 6.07) is 7.75. The van der Waals surface area contributed by atoms with Crippen molar-refractivity contribution in [3.8, 4) is 11.5 Å². The van der Waals surface area contributed by atoms with Gasteiger partial charge in [0.25, 0.3) is 5.91 Å². The number of aryl methyl sites for hydroxylation is 1. The first-order chi connectivity index (χ1) is 12.0. The van der Waals surface area contributed by atoms with Gasteiger partial charge in [-0.3, -0.25) is 4.79 Å². The summed E-state index contributed by atoms with van der Waals surface area (Å²) in [6.45, 7) is 0.916. The molecule has 0 aliphatic carbocycles. The fraction of sp³-hybridized carbons (Fsp3) is 0.389. The summed E-state index contributed by atoms with van der Waals surface area (Å²) in [4.78, 5) is 12.3. The highest BCUT2D eigenvalue weighted by molar-refractivity contribution is 5.95. The molecule has 0 aliphatic heterocycles. The van der Waals surface area contributed by atoms with E-state index in [0.29, 0.717) is 18.4 Å². The molecule has 0 fully saturated rings. The summed E-state index contributed by atoms with van der Waals surface area (Å²) in [5.74, 6) is 0.558. The third kappa shape index (κ3) is 5.77. The summed E-state index contributed by atoms with van der Waals surface area (Å²) in [7, 11) is 0. The molecular formula is C18H21F2NO4. The van der Waals surface area contributed by atoms with Gasteiger partial charge in [-0.05, 0) is 50.6 Å². The number of alkyl halides is 2. The summed E-state index contributed by atoms with van der Waals surface area (Å²) < 4.78 is 39.7. The SMILES string of the molecule is CCOc1cc(C(=O)NC(C)CCc2ccco2)ccc1OC(F)F. The summed E-state index contributed by atoms with van der Waals surface area (Å²) >= 11 is 0. The first-order valence-electron chi connectivity index (χ1n) is 8.04. The molecule has 0 bridgehead atoms. The van der Waals surface area contributed by atoms with E-state index in [-0.39, 0.29) is 30.1 Å². The van der Waals surface area contributed by atoms with E-state index in [1.165, 1.54) is 18.2 Å². The minimum absolute atomic E-state index is 0.0786. The van der Waals surface area contributed by atoms with Gasteiger partial charge < -0.3 is 19.2 Å². The van der Waals surface area contributed by atoms with Crippen molar-refractivity contribution in [2.45, 2.75) is 39.3 Å². The van der Waals surface area contributed by atoms with E-state index in [4.69, 9.17) is 9.15 Å². The maximum Gasteiger partial charge on any atom is 0.387 e. The number of furan rings is 1. The number of benzene rings is 1. The normalized spacial score (nSPS) is 12.0. The Morgan fingerprint density at radius 1 is 1.28 bits per heavy atom. The molecule has 25 heavy (non-hydrogen) atoms. The molecule has 0 radical (unpaired) electrons. The molecule has 0 saturated carbocycles. The second-order valence-electron chi connectivity index (χ2n) is 5.47. The van der Waals surface area contributed by atoms with Crippen molar-refractivity contribution in [3.63, 3.8) is 0 Å². The quantitative estimate of drug-likeness (QED) is 0.739. The topological polar surface area (TPSA) is 60.7 Å². The zero-order chi connectivity index (χ0) is 18.2. The molecule has 0 aliphatic rings. The van der Waals surface area contributed by atoms with Crippen molar-refractivity contribution in [3.05, 3.63) is 47.9 Å². The van der Waals surface area contributed by atoms with Crippen LogP contribution >= 0.6 is 0 Å². The Balaban J connectivity index is 1.98. The van der Waals surface area contributed by atoms with Crippen LogP contribution in [0.3, 0.4) is 0 Å². The van der Waals surface area contributed by atoms with Crippen LogP contribution in [0.2, 0.25) is 0 Å². The van der Waals surface area contributed by atoms with Crippen LogP contribution in [-0.2, 0) is 6.42 Å². The van der Waals surface area contributed by atoms with E-state index in [9.17, 15) is 13.6 Å². The highest BCUT2D eigenvalue weighted by atomic mass is 19.3. The van der Waals surface area contributed by atoms with Gasteiger partial charge in [0.15, 0.2) is 11.5 Å². The largest absolute Gasteiger partial charge is 0.490 e. The van der Waals surface area contributed by atoms with Gasteiger partial charge >= 0.3 is 6.61 Å². The van der Waals surface area contributed by atoms with Crippen molar-refractivity contribution in [2.24, 2.45) is 0 Å². The lowest BCUT2D eigenvalue weighted by Crippen LogP contribution is -2.32. The molecule has 1 amide bonds. The Labute approximate surface area is 144 Å². The third-order valence-corrected chi connectivity index (χ3v) is 3.50. The van der Waals surface area contributed by atoms with Gasteiger partial charge in [0.2, 0.25) is 0 Å². The van der Waals surface area contributed by atoms with E-state index in [1.54, 1.807) is 13.2 Å². The van der Waals surface area contributed by atoms with Gasteiger partial charge in [0.1, 0.15) is 5.76 Å². The number of carbonyl (C=O) groups excluding carboxylic acids is 1. The van der Waals surface area contributed by atoms with E-state index in [2.05, 4.69) is 10.1 Å². The van der Waals surface area contributed by atoms with Crippen LogP contribution in [0.15, 0.2) is 41.0 Å². The Kier molecular flexibility index (Phi) is 6.80. The molecule has 2 rings (SSSR count). The minimum Gasteiger partial charge on any atom is -0.490 e. The van der Waals surface area contributed by atoms with Crippen molar-refractivity contribution < 1.29 is 27.5 Å². The first-order valence-corrected chi connectivity index (χ1v) is 8.04. The van der Waals surface area contributed by atoms with Gasteiger partial charge in [-0.15, -0.1) is 0 Å². The van der Waals surface area contributed by atoms with E-state index < -0.39 is 6.61 Å². The van der Waals surface area contributed by atoms with E-state index >= 15 is 0 Å². The van der Waals surface area contributed by atoms with Crippen molar-refractivity contribution >= 4 is 5.91 Å². The number of halogens is 2. The molecule has 1 aromatic carbocycles. The number of hydrogen-bond acceptors (Lipinski definition) is 4. The Hall–Kier alpha value is -2.57. The number of nitrogens with one attached hydrogen (secondary N) is 1. The fourth-order valence-corrected chi connectivity index (χ4v) is 2.30. The molecule has 0 saturated heterocycles. The summed E-state index contributed by atoms with van der Waals surface area (Å²) in [5.41, 5.74) is 0.315.